The molecule has 0 aromatic carbocycles. The fourth-order valence-electron chi connectivity index (χ4n) is 0.284. The number of hydroxylamine groups is 1. The molecule has 0 bridgehead atoms. The molecule has 4 N–H and O–H groups in total. The molecule has 1 amide bonds. The topological polar surface area (TPSA) is 84.6 Å². The van der Waals surface area contributed by atoms with E-state index in [2.05, 4.69) is 10.5 Å². The first-order valence-electron chi connectivity index (χ1n) is 2.81. The van der Waals surface area contributed by atoms with E-state index in [-0.39, 0.29) is 6.61 Å². The van der Waals surface area contributed by atoms with Gasteiger partial charge < -0.3 is 15.7 Å². The summed E-state index contributed by atoms with van der Waals surface area (Å²) in [4.78, 5) is 10.1. The Balaban J connectivity index is 3.56. The van der Waals surface area contributed by atoms with E-state index < -0.39 is 11.6 Å². The Morgan fingerprint density at radius 2 is 2.30 bits per heavy atom. The van der Waals surface area contributed by atoms with Crippen LogP contribution in [0.2, 0.25) is 0 Å². The number of rotatable bonds is 3. The Hall–Kier alpha value is -0.810. The molecule has 0 atom stereocenters. The second-order valence-corrected chi connectivity index (χ2v) is 2.60. The average molecular weight is 148 g/mol. The van der Waals surface area contributed by atoms with E-state index in [1.54, 1.807) is 13.8 Å². The summed E-state index contributed by atoms with van der Waals surface area (Å²) >= 11 is 0. The molecule has 0 radical (unpaired) electrons. The normalized spacial score (nSPS) is 11.1. The van der Waals surface area contributed by atoms with Crippen LogP contribution in [0, 0.1) is 0 Å². The van der Waals surface area contributed by atoms with Crippen LogP contribution in [-0.4, -0.2) is 23.4 Å². The second-order valence-electron chi connectivity index (χ2n) is 2.60. The van der Waals surface area contributed by atoms with Gasteiger partial charge in [0.15, 0.2) is 0 Å². The highest BCUT2D eigenvalue weighted by molar-refractivity contribution is 5.64. The molecule has 0 aromatic rings. The lowest BCUT2D eigenvalue weighted by atomic mass is 10.1. The van der Waals surface area contributed by atoms with Crippen LogP contribution in [0.3, 0.4) is 0 Å². The van der Waals surface area contributed by atoms with Crippen LogP contribution in [0.5, 0.6) is 0 Å². The molecule has 60 valence electrons. The minimum Gasteiger partial charge on any atom is -0.448 e. The van der Waals surface area contributed by atoms with Gasteiger partial charge in [-0.25, -0.2) is 4.79 Å². The quantitative estimate of drug-likeness (QED) is 0.485. The molecule has 0 fully saturated rings. The molecule has 0 aromatic heterocycles. The number of primary amides is 1. The summed E-state index contributed by atoms with van der Waals surface area (Å²) in [5.74, 6) is 0. The molecule has 0 aliphatic heterocycles. The summed E-state index contributed by atoms with van der Waals surface area (Å²) in [7, 11) is 0. The summed E-state index contributed by atoms with van der Waals surface area (Å²) in [6, 6.07) is 0. The fraction of sp³-hybridized carbons (Fsp3) is 0.800. The van der Waals surface area contributed by atoms with Crippen molar-refractivity contribution in [3.8, 4) is 0 Å². The van der Waals surface area contributed by atoms with Gasteiger partial charge in [0.2, 0.25) is 0 Å². The standard InChI is InChI=1S/C5H12N2O3/c1-5(2,7-9)3-10-4(6)8/h7,9H,3H2,1-2H3,(H2,6,8). The first-order chi connectivity index (χ1) is 4.48. The molecule has 0 aliphatic carbocycles. The van der Waals surface area contributed by atoms with Gasteiger partial charge in [0.1, 0.15) is 6.61 Å². The van der Waals surface area contributed by atoms with Gasteiger partial charge in [0.25, 0.3) is 0 Å². The zero-order valence-electron chi connectivity index (χ0n) is 6.05. The minimum atomic E-state index is -0.844. The van der Waals surface area contributed by atoms with Crippen molar-refractivity contribution in [3.05, 3.63) is 0 Å². The predicted molar refractivity (Wildman–Crippen MR) is 34.5 cm³/mol. The number of amides is 1. The van der Waals surface area contributed by atoms with E-state index >= 15 is 0 Å². The summed E-state index contributed by atoms with van der Waals surface area (Å²) in [6.07, 6.45) is -0.844. The van der Waals surface area contributed by atoms with Gasteiger partial charge >= 0.3 is 6.09 Å². The van der Waals surface area contributed by atoms with E-state index in [1.807, 2.05) is 5.48 Å². The van der Waals surface area contributed by atoms with Crippen LogP contribution in [0.4, 0.5) is 4.79 Å². The van der Waals surface area contributed by atoms with Crippen molar-refractivity contribution >= 4 is 6.09 Å². The highest BCUT2D eigenvalue weighted by Crippen LogP contribution is 1.99. The van der Waals surface area contributed by atoms with E-state index in [9.17, 15) is 4.79 Å². The van der Waals surface area contributed by atoms with Gasteiger partial charge in [-0.05, 0) is 13.8 Å². The lowest BCUT2D eigenvalue weighted by Gasteiger charge is -2.20. The third kappa shape index (κ3) is 4.11. The number of hydrogen-bond acceptors (Lipinski definition) is 4. The summed E-state index contributed by atoms with van der Waals surface area (Å²) in [5, 5.41) is 8.42. The molecule has 0 aliphatic rings. The van der Waals surface area contributed by atoms with Crippen molar-refractivity contribution in [2.45, 2.75) is 19.4 Å². The molecule has 5 heteroatoms. The number of hydrogen-bond donors (Lipinski definition) is 3. The molecule has 10 heavy (non-hydrogen) atoms. The highest BCUT2D eigenvalue weighted by atomic mass is 16.6. The molecular weight excluding hydrogens is 136 g/mol. The van der Waals surface area contributed by atoms with Crippen LogP contribution in [0.15, 0.2) is 0 Å². The predicted octanol–water partition coefficient (Wildman–Crippen LogP) is -0.161. The minimum absolute atomic E-state index is 0.0405. The van der Waals surface area contributed by atoms with Gasteiger partial charge in [-0.15, -0.1) is 0 Å². The first-order valence-corrected chi connectivity index (χ1v) is 2.81. The van der Waals surface area contributed by atoms with E-state index in [0.29, 0.717) is 0 Å². The number of nitrogens with one attached hydrogen (secondary N) is 1. The Morgan fingerprint density at radius 3 is 2.60 bits per heavy atom. The van der Waals surface area contributed by atoms with Gasteiger partial charge in [-0.3, -0.25) is 0 Å². The van der Waals surface area contributed by atoms with Gasteiger partial charge in [0, 0.05) is 0 Å². The van der Waals surface area contributed by atoms with E-state index in [0.717, 1.165) is 0 Å². The number of carbonyl (C=O) groups is 1. The molecule has 0 heterocycles. The monoisotopic (exact) mass is 148 g/mol. The molecule has 0 unspecified atom stereocenters. The van der Waals surface area contributed by atoms with Gasteiger partial charge in [0.05, 0.1) is 5.54 Å². The van der Waals surface area contributed by atoms with E-state index in [1.165, 1.54) is 0 Å². The molecule has 0 rings (SSSR count). The SMILES string of the molecule is CC(C)(COC(N)=O)NO. The maximum atomic E-state index is 10.1. The van der Waals surface area contributed by atoms with Crippen LogP contribution < -0.4 is 11.2 Å². The van der Waals surface area contributed by atoms with Crippen molar-refractivity contribution in [2.75, 3.05) is 6.61 Å². The van der Waals surface area contributed by atoms with Crippen molar-refractivity contribution in [3.63, 3.8) is 0 Å². The molecular formula is C5H12N2O3. The Labute approximate surface area is 59.1 Å². The summed E-state index contributed by atoms with van der Waals surface area (Å²) in [5.41, 5.74) is 6.00. The summed E-state index contributed by atoms with van der Waals surface area (Å²) < 4.78 is 4.41. The Morgan fingerprint density at radius 1 is 1.80 bits per heavy atom. The lowest BCUT2D eigenvalue weighted by Crippen LogP contribution is -2.42. The maximum Gasteiger partial charge on any atom is 0.404 e. The summed E-state index contributed by atoms with van der Waals surface area (Å²) in [6.45, 7) is 3.37. The number of nitrogens with two attached hydrogens (primary N) is 1. The highest BCUT2D eigenvalue weighted by Gasteiger charge is 2.17. The Bertz CT molecular complexity index is 124. The van der Waals surface area contributed by atoms with Crippen LogP contribution in [0.25, 0.3) is 0 Å². The van der Waals surface area contributed by atoms with Crippen molar-refractivity contribution in [1.82, 2.24) is 5.48 Å². The van der Waals surface area contributed by atoms with Crippen LogP contribution in [0.1, 0.15) is 13.8 Å². The van der Waals surface area contributed by atoms with E-state index in [4.69, 9.17) is 5.21 Å². The maximum absolute atomic E-state index is 10.1. The van der Waals surface area contributed by atoms with Crippen molar-refractivity contribution in [2.24, 2.45) is 5.73 Å². The molecule has 0 spiro atoms. The third-order valence-electron chi connectivity index (χ3n) is 0.878. The molecule has 0 saturated heterocycles. The van der Waals surface area contributed by atoms with Gasteiger partial charge in [-0.1, -0.05) is 0 Å². The molecule has 0 saturated carbocycles. The molecule has 5 nitrogen and oxygen atoms in total. The fourth-order valence-corrected chi connectivity index (χ4v) is 0.284. The van der Waals surface area contributed by atoms with Gasteiger partial charge in [-0.2, -0.15) is 5.48 Å². The number of carbonyl (C=O) groups excluding carboxylic acids is 1. The number of ether oxygens (including phenoxy) is 1. The average Bonchev–Trinajstić information content (AvgIpc) is 1.85. The van der Waals surface area contributed by atoms with Crippen molar-refractivity contribution in [1.29, 1.82) is 0 Å². The lowest BCUT2D eigenvalue weighted by molar-refractivity contribution is 0.0349. The third-order valence-corrected chi connectivity index (χ3v) is 0.878. The Kier molecular flexibility index (Phi) is 3.11. The van der Waals surface area contributed by atoms with Crippen molar-refractivity contribution < 1.29 is 14.7 Å². The largest absolute Gasteiger partial charge is 0.448 e. The van der Waals surface area contributed by atoms with Crippen LogP contribution >= 0.6 is 0 Å². The smallest absolute Gasteiger partial charge is 0.404 e. The van der Waals surface area contributed by atoms with Crippen LogP contribution in [-0.2, 0) is 4.74 Å². The second kappa shape index (κ2) is 3.38. The first kappa shape index (κ1) is 9.19. The zero-order chi connectivity index (χ0) is 8.20. The zero-order valence-corrected chi connectivity index (χ0v) is 6.05.